The molecule has 2 N–H and O–H groups in total. The summed E-state index contributed by atoms with van der Waals surface area (Å²) in [6.45, 7) is 1.73. The Balaban J connectivity index is 1.97. The van der Waals surface area contributed by atoms with E-state index in [1.54, 1.807) is 56.6 Å². The number of methoxy groups -OCH3 is 1. The molecular weight excluding hydrogens is 308 g/mol. The second kappa shape index (κ2) is 8.01. The molecule has 0 spiro atoms. The van der Waals surface area contributed by atoms with Gasteiger partial charge in [0.15, 0.2) is 6.61 Å². The lowest BCUT2D eigenvalue weighted by atomic mass is 10.1. The number of anilines is 1. The van der Waals surface area contributed by atoms with Gasteiger partial charge in [-0.1, -0.05) is 6.07 Å². The van der Waals surface area contributed by atoms with E-state index in [-0.39, 0.29) is 18.4 Å². The number of amides is 2. The molecule has 6 nitrogen and oxygen atoms in total. The fraction of sp³-hybridized carbons (Fsp3) is 0.222. The quantitative estimate of drug-likeness (QED) is 0.853. The van der Waals surface area contributed by atoms with Gasteiger partial charge in [-0.3, -0.25) is 9.59 Å². The van der Waals surface area contributed by atoms with Crippen LogP contribution in [0.15, 0.2) is 42.5 Å². The topological polar surface area (TPSA) is 76.7 Å². The molecule has 2 aromatic rings. The number of rotatable bonds is 6. The van der Waals surface area contributed by atoms with Crippen LogP contribution in [0.2, 0.25) is 0 Å². The molecule has 0 aromatic heterocycles. The molecule has 0 fully saturated rings. The highest BCUT2D eigenvalue weighted by Crippen LogP contribution is 2.18. The van der Waals surface area contributed by atoms with Crippen molar-refractivity contribution < 1.29 is 19.1 Å². The van der Waals surface area contributed by atoms with Crippen LogP contribution in [0.25, 0.3) is 0 Å². The van der Waals surface area contributed by atoms with Crippen LogP contribution in [0.5, 0.6) is 11.5 Å². The summed E-state index contributed by atoms with van der Waals surface area (Å²) < 4.78 is 10.5. The van der Waals surface area contributed by atoms with Gasteiger partial charge in [-0.25, -0.2) is 0 Å². The lowest BCUT2D eigenvalue weighted by Gasteiger charge is -2.11. The zero-order chi connectivity index (χ0) is 17.5. The number of carbonyl (C=O) groups excluding carboxylic acids is 2. The number of nitrogens with one attached hydrogen (secondary N) is 2. The van der Waals surface area contributed by atoms with Crippen molar-refractivity contribution in [2.75, 3.05) is 26.1 Å². The van der Waals surface area contributed by atoms with Crippen molar-refractivity contribution in [3.63, 3.8) is 0 Å². The van der Waals surface area contributed by atoms with Crippen molar-refractivity contribution in [2.45, 2.75) is 6.92 Å². The SMILES string of the molecule is CNC(=O)c1ccc(C)c(NC(=O)COc2ccc(OC)cc2)c1. The standard InChI is InChI=1S/C18H20N2O4/c1-12-4-5-13(18(22)19-2)10-16(12)20-17(21)11-24-15-8-6-14(23-3)7-9-15/h4-10H,11H2,1-3H3,(H,19,22)(H,20,21). The summed E-state index contributed by atoms with van der Waals surface area (Å²) in [5, 5.41) is 5.30. The minimum Gasteiger partial charge on any atom is -0.497 e. The molecule has 2 amide bonds. The lowest BCUT2D eigenvalue weighted by Crippen LogP contribution is -2.22. The highest BCUT2D eigenvalue weighted by molar-refractivity contribution is 5.98. The lowest BCUT2D eigenvalue weighted by molar-refractivity contribution is -0.118. The number of aryl methyl sites for hydroxylation is 1. The summed E-state index contributed by atoms with van der Waals surface area (Å²) in [6.07, 6.45) is 0. The van der Waals surface area contributed by atoms with E-state index in [2.05, 4.69) is 10.6 Å². The summed E-state index contributed by atoms with van der Waals surface area (Å²) in [4.78, 5) is 23.7. The summed E-state index contributed by atoms with van der Waals surface area (Å²) in [6, 6.07) is 12.1. The van der Waals surface area contributed by atoms with Crippen LogP contribution in [0.3, 0.4) is 0 Å². The first-order valence-corrected chi connectivity index (χ1v) is 7.43. The second-order valence-electron chi connectivity index (χ2n) is 5.12. The minimum absolute atomic E-state index is 0.129. The smallest absolute Gasteiger partial charge is 0.262 e. The molecule has 0 aliphatic rings. The molecule has 0 radical (unpaired) electrons. The van der Waals surface area contributed by atoms with Crippen molar-refractivity contribution >= 4 is 17.5 Å². The first-order valence-electron chi connectivity index (χ1n) is 7.43. The molecule has 6 heteroatoms. The molecule has 0 aliphatic heterocycles. The van der Waals surface area contributed by atoms with Crippen LogP contribution in [0, 0.1) is 6.92 Å². The second-order valence-corrected chi connectivity index (χ2v) is 5.12. The van der Waals surface area contributed by atoms with Crippen LogP contribution in [-0.4, -0.2) is 32.6 Å². The van der Waals surface area contributed by atoms with Crippen LogP contribution < -0.4 is 20.1 Å². The van der Waals surface area contributed by atoms with E-state index in [4.69, 9.17) is 9.47 Å². The Morgan fingerprint density at radius 1 is 1.04 bits per heavy atom. The van der Waals surface area contributed by atoms with Gasteiger partial charge in [-0.15, -0.1) is 0 Å². The first kappa shape index (κ1) is 17.3. The third-order valence-corrected chi connectivity index (χ3v) is 3.43. The summed E-state index contributed by atoms with van der Waals surface area (Å²) in [7, 11) is 3.14. The number of hydrogen-bond donors (Lipinski definition) is 2. The van der Waals surface area contributed by atoms with Crippen LogP contribution in [0.1, 0.15) is 15.9 Å². The van der Waals surface area contributed by atoms with Gasteiger partial charge in [0.1, 0.15) is 11.5 Å². The third-order valence-electron chi connectivity index (χ3n) is 3.43. The molecule has 0 saturated heterocycles. The van der Waals surface area contributed by atoms with Crippen LogP contribution in [-0.2, 0) is 4.79 Å². The van der Waals surface area contributed by atoms with E-state index in [0.29, 0.717) is 22.7 Å². The number of hydrogen-bond acceptors (Lipinski definition) is 4. The Hall–Kier alpha value is -3.02. The first-order chi connectivity index (χ1) is 11.5. The van der Waals surface area contributed by atoms with E-state index in [1.807, 2.05) is 6.92 Å². The maximum absolute atomic E-state index is 12.1. The average Bonchev–Trinajstić information content (AvgIpc) is 2.61. The van der Waals surface area contributed by atoms with Gasteiger partial charge < -0.3 is 20.1 Å². The zero-order valence-electron chi connectivity index (χ0n) is 13.9. The van der Waals surface area contributed by atoms with E-state index in [1.165, 1.54) is 0 Å². The fourth-order valence-electron chi connectivity index (χ4n) is 2.05. The number of carbonyl (C=O) groups is 2. The van der Waals surface area contributed by atoms with Gasteiger partial charge in [-0.2, -0.15) is 0 Å². The van der Waals surface area contributed by atoms with Crippen LogP contribution >= 0.6 is 0 Å². The molecule has 2 rings (SSSR count). The van der Waals surface area contributed by atoms with Gasteiger partial charge in [0.05, 0.1) is 7.11 Å². The summed E-state index contributed by atoms with van der Waals surface area (Å²) in [5.41, 5.74) is 1.93. The largest absolute Gasteiger partial charge is 0.497 e. The Labute approximate surface area is 140 Å². The van der Waals surface area contributed by atoms with Crippen molar-refractivity contribution in [1.82, 2.24) is 5.32 Å². The highest BCUT2D eigenvalue weighted by atomic mass is 16.5. The number of ether oxygens (including phenoxy) is 2. The monoisotopic (exact) mass is 328 g/mol. The Morgan fingerprint density at radius 3 is 2.33 bits per heavy atom. The minimum atomic E-state index is -0.303. The van der Waals surface area contributed by atoms with Crippen molar-refractivity contribution in [2.24, 2.45) is 0 Å². The van der Waals surface area contributed by atoms with Gasteiger partial charge in [0.2, 0.25) is 0 Å². The van der Waals surface area contributed by atoms with E-state index in [9.17, 15) is 9.59 Å². The zero-order valence-corrected chi connectivity index (χ0v) is 13.9. The molecular formula is C18H20N2O4. The molecule has 0 saturated carbocycles. The van der Waals surface area contributed by atoms with E-state index in [0.717, 1.165) is 5.56 Å². The number of benzene rings is 2. The molecule has 0 aliphatic carbocycles. The molecule has 126 valence electrons. The Bertz CT molecular complexity index is 726. The maximum atomic E-state index is 12.1. The van der Waals surface area contributed by atoms with Gasteiger partial charge in [0.25, 0.3) is 11.8 Å². The van der Waals surface area contributed by atoms with E-state index < -0.39 is 0 Å². The van der Waals surface area contributed by atoms with Crippen molar-refractivity contribution in [1.29, 1.82) is 0 Å². The molecule has 24 heavy (non-hydrogen) atoms. The maximum Gasteiger partial charge on any atom is 0.262 e. The Morgan fingerprint density at radius 2 is 1.71 bits per heavy atom. The van der Waals surface area contributed by atoms with Crippen molar-refractivity contribution in [3.05, 3.63) is 53.6 Å². The van der Waals surface area contributed by atoms with E-state index >= 15 is 0 Å². The molecule has 0 atom stereocenters. The fourth-order valence-corrected chi connectivity index (χ4v) is 2.05. The normalized spacial score (nSPS) is 9.96. The van der Waals surface area contributed by atoms with Gasteiger partial charge >= 0.3 is 0 Å². The molecule has 0 bridgehead atoms. The average molecular weight is 328 g/mol. The highest BCUT2D eigenvalue weighted by Gasteiger charge is 2.10. The van der Waals surface area contributed by atoms with Gasteiger partial charge in [-0.05, 0) is 48.9 Å². The molecule has 0 unspecified atom stereocenters. The molecule has 2 aromatic carbocycles. The summed E-state index contributed by atoms with van der Waals surface area (Å²) in [5.74, 6) is 0.776. The predicted molar refractivity (Wildman–Crippen MR) is 91.7 cm³/mol. The summed E-state index contributed by atoms with van der Waals surface area (Å²) >= 11 is 0. The third kappa shape index (κ3) is 4.49. The predicted octanol–water partition coefficient (Wildman–Crippen LogP) is 2.38. The van der Waals surface area contributed by atoms with Crippen molar-refractivity contribution in [3.8, 4) is 11.5 Å². The molecule has 0 heterocycles. The van der Waals surface area contributed by atoms with Crippen LogP contribution in [0.4, 0.5) is 5.69 Å². The van der Waals surface area contributed by atoms with Gasteiger partial charge in [0, 0.05) is 18.3 Å². The Kier molecular flexibility index (Phi) is 5.78.